The van der Waals surface area contributed by atoms with Crippen LogP contribution < -0.4 is 5.73 Å². The maximum atomic E-state index is 5.59. The second kappa shape index (κ2) is 8.97. The van der Waals surface area contributed by atoms with Gasteiger partial charge < -0.3 is 15.4 Å². The molecule has 0 bridgehead atoms. The van der Waals surface area contributed by atoms with Gasteiger partial charge in [-0.25, -0.2) is 0 Å². The van der Waals surface area contributed by atoms with Crippen molar-refractivity contribution in [3.8, 4) is 0 Å². The molecule has 1 aliphatic heterocycles. The van der Waals surface area contributed by atoms with Crippen LogP contribution in [0.1, 0.15) is 39.0 Å². The van der Waals surface area contributed by atoms with E-state index in [0.29, 0.717) is 0 Å². The van der Waals surface area contributed by atoms with Crippen molar-refractivity contribution in [1.29, 1.82) is 0 Å². The van der Waals surface area contributed by atoms with Gasteiger partial charge in [0.25, 0.3) is 0 Å². The van der Waals surface area contributed by atoms with Crippen LogP contribution in [-0.4, -0.2) is 44.3 Å². The Hall–Kier alpha value is -0.120. The number of hydrogen-bond donors (Lipinski definition) is 1. The van der Waals surface area contributed by atoms with Gasteiger partial charge in [0.2, 0.25) is 0 Å². The first-order valence-corrected chi connectivity index (χ1v) is 6.87. The summed E-state index contributed by atoms with van der Waals surface area (Å²) in [5.74, 6) is 0.877. The van der Waals surface area contributed by atoms with Crippen molar-refractivity contribution in [1.82, 2.24) is 4.90 Å². The zero-order chi connectivity index (χ0) is 11.6. The molecule has 0 aromatic rings. The summed E-state index contributed by atoms with van der Waals surface area (Å²) in [5.41, 5.74) is 5.59. The highest BCUT2D eigenvalue weighted by molar-refractivity contribution is 4.72. The van der Waals surface area contributed by atoms with E-state index in [4.69, 9.17) is 10.5 Å². The fourth-order valence-electron chi connectivity index (χ4n) is 2.28. The molecule has 0 spiro atoms. The van der Waals surface area contributed by atoms with Crippen LogP contribution in [0.15, 0.2) is 0 Å². The lowest BCUT2D eigenvalue weighted by Crippen LogP contribution is -2.36. The topological polar surface area (TPSA) is 38.5 Å². The van der Waals surface area contributed by atoms with Crippen molar-refractivity contribution in [2.75, 3.05) is 39.4 Å². The van der Waals surface area contributed by atoms with E-state index < -0.39 is 0 Å². The summed E-state index contributed by atoms with van der Waals surface area (Å²) in [6, 6.07) is 0. The molecule has 1 aliphatic rings. The second-order valence-corrected chi connectivity index (χ2v) is 4.83. The molecule has 0 saturated carbocycles. The molecule has 0 aromatic carbocycles. The number of unbranched alkanes of at least 4 members (excludes halogenated alkanes) is 1. The quantitative estimate of drug-likeness (QED) is 0.645. The lowest BCUT2D eigenvalue weighted by Gasteiger charge is -2.31. The largest absolute Gasteiger partial charge is 0.380 e. The van der Waals surface area contributed by atoms with Crippen LogP contribution in [0.3, 0.4) is 0 Å². The Balaban J connectivity index is 1.95. The molecule has 1 fully saturated rings. The molecule has 2 N–H and O–H groups in total. The van der Waals surface area contributed by atoms with Crippen LogP contribution in [-0.2, 0) is 4.74 Å². The van der Waals surface area contributed by atoms with Gasteiger partial charge in [-0.3, -0.25) is 0 Å². The fraction of sp³-hybridized carbons (Fsp3) is 1.00. The van der Waals surface area contributed by atoms with E-state index in [1.165, 1.54) is 45.2 Å². The number of nitrogens with zero attached hydrogens (tertiary/aromatic N) is 1. The van der Waals surface area contributed by atoms with Gasteiger partial charge >= 0.3 is 0 Å². The van der Waals surface area contributed by atoms with Gasteiger partial charge in [0.05, 0.1) is 6.61 Å². The van der Waals surface area contributed by atoms with E-state index in [0.717, 1.165) is 32.2 Å². The Bertz CT molecular complexity index is 156. The van der Waals surface area contributed by atoms with Crippen LogP contribution in [0.25, 0.3) is 0 Å². The third kappa shape index (κ3) is 5.83. The summed E-state index contributed by atoms with van der Waals surface area (Å²) < 4.78 is 5.59. The summed E-state index contributed by atoms with van der Waals surface area (Å²) in [6.45, 7) is 8.47. The molecule has 3 heteroatoms. The van der Waals surface area contributed by atoms with E-state index in [1.54, 1.807) is 0 Å². The molecule has 96 valence electrons. The first-order chi connectivity index (χ1) is 7.86. The van der Waals surface area contributed by atoms with Crippen LogP contribution in [0.4, 0.5) is 0 Å². The molecule has 1 heterocycles. The number of piperidine rings is 1. The number of ether oxygens (including phenoxy) is 1. The zero-order valence-corrected chi connectivity index (χ0v) is 10.8. The monoisotopic (exact) mass is 228 g/mol. The summed E-state index contributed by atoms with van der Waals surface area (Å²) in [5, 5.41) is 0. The molecule has 0 amide bonds. The van der Waals surface area contributed by atoms with E-state index in [1.807, 2.05) is 0 Å². The lowest BCUT2D eigenvalue weighted by molar-refractivity contribution is 0.0862. The summed E-state index contributed by atoms with van der Waals surface area (Å²) in [6.07, 6.45) is 6.28. The molecule has 3 nitrogen and oxygen atoms in total. The molecule has 0 aromatic heterocycles. The molecule has 16 heavy (non-hydrogen) atoms. The van der Waals surface area contributed by atoms with Crippen molar-refractivity contribution in [3.05, 3.63) is 0 Å². The molecular formula is C13H28N2O. The smallest absolute Gasteiger partial charge is 0.0593 e. The Kier molecular flexibility index (Phi) is 7.81. The Morgan fingerprint density at radius 3 is 2.62 bits per heavy atom. The third-order valence-electron chi connectivity index (χ3n) is 3.48. The highest BCUT2D eigenvalue weighted by Crippen LogP contribution is 2.19. The van der Waals surface area contributed by atoms with Crippen molar-refractivity contribution in [2.24, 2.45) is 11.7 Å². The number of likely N-dealkylation sites (tertiary alicyclic amines) is 1. The minimum absolute atomic E-state index is 0.852. The normalized spacial score (nSPS) is 19.1. The predicted molar refractivity (Wildman–Crippen MR) is 68.6 cm³/mol. The average Bonchev–Trinajstić information content (AvgIpc) is 2.31. The highest BCUT2D eigenvalue weighted by atomic mass is 16.5. The van der Waals surface area contributed by atoms with Crippen molar-refractivity contribution >= 4 is 0 Å². The van der Waals surface area contributed by atoms with Crippen LogP contribution in [0.5, 0.6) is 0 Å². The SMILES string of the molecule is CCCCOCCN1CCC(CCN)CC1. The van der Waals surface area contributed by atoms with Crippen molar-refractivity contribution in [3.63, 3.8) is 0 Å². The lowest BCUT2D eigenvalue weighted by atomic mass is 9.94. The van der Waals surface area contributed by atoms with Gasteiger partial charge in [-0.2, -0.15) is 0 Å². The van der Waals surface area contributed by atoms with Crippen molar-refractivity contribution < 1.29 is 4.74 Å². The van der Waals surface area contributed by atoms with Gasteiger partial charge in [0.1, 0.15) is 0 Å². The Labute approximate surface area is 100 Å². The van der Waals surface area contributed by atoms with E-state index in [-0.39, 0.29) is 0 Å². The summed E-state index contributed by atoms with van der Waals surface area (Å²) in [4.78, 5) is 2.53. The highest BCUT2D eigenvalue weighted by Gasteiger charge is 2.17. The van der Waals surface area contributed by atoms with Crippen molar-refractivity contribution in [2.45, 2.75) is 39.0 Å². The number of rotatable bonds is 8. The molecule has 0 atom stereocenters. The molecule has 0 radical (unpaired) electrons. The summed E-state index contributed by atoms with van der Waals surface area (Å²) in [7, 11) is 0. The fourth-order valence-corrected chi connectivity index (χ4v) is 2.28. The maximum Gasteiger partial charge on any atom is 0.0593 e. The number of hydrogen-bond acceptors (Lipinski definition) is 3. The predicted octanol–water partition coefficient (Wildman–Crippen LogP) is 1.86. The van der Waals surface area contributed by atoms with Crippen LogP contribution in [0.2, 0.25) is 0 Å². The molecular weight excluding hydrogens is 200 g/mol. The molecule has 0 aliphatic carbocycles. The Morgan fingerprint density at radius 2 is 2.00 bits per heavy atom. The second-order valence-electron chi connectivity index (χ2n) is 4.83. The maximum absolute atomic E-state index is 5.59. The third-order valence-corrected chi connectivity index (χ3v) is 3.48. The van der Waals surface area contributed by atoms with Gasteiger partial charge in [-0.1, -0.05) is 13.3 Å². The molecule has 1 saturated heterocycles. The van der Waals surface area contributed by atoms with Gasteiger partial charge in [-0.15, -0.1) is 0 Å². The van der Waals surface area contributed by atoms with Gasteiger partial charge in [0.15, 0.2) is 0 Å². The van der Waals surface area contributed by atoms with Crippen LogP contribution >= 0.6 is 0 Å². The minimum atomic E-state index is 0.852. The van der Waals surface area contributed by atoms with Gasteiger partial charge in [0, 0.05) is 13.2 Å². The van der Waals surface area contributed by atoms with Crippen LogP contribution in [0, 0.1) is 5.92 Å². The van der Waals surface area contributed by atoms with E-state index in [2.05, 4.69) is 11.8 Å². The first-order valence-electron chi connectivity index (χ1n) is 6.87. The standard InChI is InChI=1S/C13H28N2O/c1-2-3-11-16-12-10-15-8-5-13(4-7-14)6-9-15/h13H,2-12,14H2,1H3. The Morgan fingerprint density at radius 1 is 1.25 bits per heavy atom. The summed E-state index contributed by atoms with van der Waals surface area (Å²) >= 11 is 0. The first kappa shape index (κ1) is 13.9. The molecule has 0 unspecified atom stereocenters. The minimum Gasteiger partial charge on any atom is -0.380 e. The van der Waals surface area contributed by atoms with E-state index >= 15 is 0 Å². The average molecular weight is 228 g/mol. The van der Waals surface area contributed by atoms with Gasteiger partial charge in [-0.05, 0) is 51.2 Å². The zero-order valence-electron chi connectivity index (χ0n) is 10.8. The molecule has 1 rings (SSSR count). The van der Waals surface area contributed by atoms with E-state index in [9.17, 15) is 0 Å². The number of nitrogens with two attached hydrogens (primary N) is 1.